The van der Waals surface area contributed by atoms with Crippen LogP contribution in [0.15, 0.2) is 17.5 Å². The second kappa shape index (κ2) is 4.08. The van der Waals surface area contributed by atoms with Crippen LogP contribution < -0.4 is 0 Å². The molecule has 2 rings (SSSR count). The second-order valence-corrected chi connectivity index (χ2v) is 6.15. The Kier molecular flexibility index (Phi) is 2.96. The van der Waals surface area contributed by atoms with Crippen molar-refractivity contribution in [3.05, 3.63) is 43.3 Å². The van der Waals surface area contributed by atoms with Crippen LogP contribution in [-0.2, 0) is 0 Å². The van der Waals surface area contributed by atoms with Crippen molar-refractivity contribution < 1.29 is 5.11 Å². The van der Waals surface area contributed by atoms with E-state index in [-0.39, 0.29) is 0 Å². The van der Waals surface area contributed by atoms with Crippen LogP contribution in [0.4, 0.5) is 0 Å². The van der Waals surface area contributed by atoms with Gasteiger partial charge in [-0.2, -0.15) is 0 Å². The van der Waals surface area contributed by atoms with Gasteiger partial charge in [-0.25, -0.2) is 0 Å². The number of hydrogen-bond acceptors (Lipinski definition) is 3. The molecule has 80 valence electrons. The average molecular weight is 238 g/mol. The van der Waals surface area contributed by atoms with Crippen LogP contribution >= 0.6 is 22.7 Å². The van der Waals surface area contributed by atoms with E-state index in [1.54, 1.807) is 22.7 Å². The summed E-state index contributed by atoms with van der Waals surface area (Å²) < 4.78 is 0. The summed E-state index contributed by atoms with van der Waals surface area (Å²) in [5.74, 6) is 0. The zero-order valence-electron chi connectivity index (χ0n) is 9.07. The monoisotopic (exact) mass is 238 g/mol. The van der Waals surface area contributed by atoms with E-state index >= 15 is 0 Å². The van der Waals surface area contributed by atoms with Gasteiger partial charge in [-0.3, -0.25) is 0 Å². The third-order valence-corrected chi connectivity index (χ3v) is 4.58. The molecule has 0 spiro atoms. The van der Waals surface area contributed by atoms with Crippen molar-refractivity contribution in [1.82, 2.24) is 0 Å². The van der Waals surface area contributed by atoms with E-state index in [1.807, 2.05) is 12.3 Å². The molecule has 2 aromatic heterocycles. The van der Waals surface area contributed by atoms with Crippen LogP contribution in [0.2, 0.25) is 0 Å². The summed E-state index contributed by atoms with van der Waals surface area (Å²) in [4.78, 5) is 3.54. The smallest absolute Gasteiger partial charge is 0.115 e. The summed E-state index contributed by atoms with van der Waals surface area (Å²) >= 11 is 3.37. The van der Waals surface area contributed by atoms with E-state index in [2.05, 4.69) is 26.0 Å². The number of thiophene rings is 2. The van der Waals surface area contributed by atoms with Gasteiger partial charge in [-0.05, 0) is 49.4 Å². The fourth-order valence-corrected chi connectivity index (χ4v) is 3.61. The Morgan fingerprint density at radius 1 is 1.27 bits per heavy atom. The largest absolute Gasteiger partial charge is 0.383 e. The van der Waals surface area contributed by atoms with Gasteiger partial charge in [0.2, 0.25) is 0 Å². The minimum absolute atomic E-state index is 0.449. The van der Waals surface area contributed by atoms with E-state index < -0.39 is 6.10 Å². The van der Waals surface area contributed by atoms with E-state index in [0.29, 0.717) is 0 Å². The summed E-state index contributed by atoms with van der Waals surface area (Å²) in [5.41, 5.74) is 2.24. The van der Waals surface area contributed by atoms with Crippen LogP contribution in [0.1, 0.15) is 31.9 Å². The standard InChI is InChI=1S/C12H14OS2/c1-7-4-5-14-12(7)11(13)10-6-8(2)15-9(10)3/h4-6,11,13H,1-3H3. The van der Waals surface area contributed by atoms with Crippen molar-refractivity contribution in [2.45, 2.75) is 26.9 Å². The van der Waals surface area contributed by atoms with Crippen LogP contribution in [0.5, 0.6) is 0 Å². The third-order valence-electron chi connectivity index (χ3n) is 2.52. The predicted octanol–water partition coefficient (Wildman–Crippen LogP) is 3.82. The Morgan fingerprint density at radius 2 is 2.00 bits per heavy atom. The normalized spacial score (nSPS) is 13.1. The number of rotatable bonds is 2. The molecule has 0 aliphatic rings. The van der Waals surface area contributed by atoms with Crippen molar-refractivity contribution in [2.24, 2.45) is 0 Å². The summed E-state index contributed by atoms with van der Waals surface area (Å²) in [6.45, 7) is 6.19. The van der Waals surface area contributed by atoms with Gasteiger partial charge >= 0.3 is 0 Å². The van der Waals surface area contributed by atoms with E-state index in [4.69, 9.17) is 0 Å². The number of aryl methyl sites for hydroxylation is 3. The highest BCUT2D eigenvalue weighted by molar-refractivity contribution is 7.12. The summed E-state index contributed by atoms with van der Waals surface area (Å²) in [5, 5.41) is 12.3. The Hall–Kier alpha value is -0.640. The Bertz CT molecular complexity index is 468. The van der Waals surface area contributed by atoms with E-state index in [1.165, 1.54) is 15.3 Å². The van der Waals surface area contributed by atoms with Crippen molar-refractivity contribution in [3.8, 4) is 0 Å². The molecular formula is C12H14OS2. The van der Waals surface area contributed by atoms with Crippen LogP contribution in [0.25, 0.3) is 0 Å². The van der Waals surface area contributed by atoms with Gasteiger partial charge < -0.3 is 5.11 Å². The zero-order chi connectivity index (χ0) is 11.0. The molecule has 0 bridgehead atoms. The fraction of sp³-hybridized carbons (Fsp3) is 0.333. The van der Waals surface area contributed by atoms with Gasteiger partial charge in [0.1, 0.15) is 6.10 Å². The highest BCUT2D eigenvalue weighted by Gasteiger charge is 2.17. The molecule has 2 aromatic rings. The topological polar surface area (TPSA) is 20.2 Å². The zero-order valence-corrected chi connectivity index (χ0v) is 10.7. The van der Waals surface area contributed by atoms with Crippen LogP contribution in [-0.4, -0.2) is 5.11 Å². The summed E-state index contributed by atoms with van der Waals surface area (Å²) in [6, 6.07) is 4.14. The average Bonchev–Trinajstić information content (AvgIpc) is 2.71. The molecule has 0 aliphatic heterocycles. The molecule has 0 aliphatic carbocycles. The highest BCUT2D eigenvalue weighted by atomic mass is 32.1. The molecule has 0 saturated heterocycles. The third kappa shape index (κ3) is 2.00. The lowest BCUT2D eigenvalue weighted by Crippen LogP contribution is -1.98. The van der Waals surface area contributed by atoms with Crippen molar-refractivity contribution in [1.29, 1.82) is 0 Å². The maximum atomic E-state index is 10.3. The van der Waals surface area contributed by atoms with Crippen molar-refractivity contribution in [3.63, 3.8) is 0 Å². The first-order chi connectivity index (χ1) is 7.09. The van der Waals surface area contributed by atoms with E-state index in [9.17, 15) is 5.11 Å². The number of hydrogen-bond donors (Lipinski definition) is 1. The Morgan fingerprint density at radius 3 is 2.47 bits per heavy atom. The van der Waals surface area contributed by atoms with Gasteiger partial charge in [-0.15, -0.1) is 22.7 Å². The number of aliphatic hydroxyl groups is 1. The molecule has 0 fully saturated rings. The molecule has 1 nitrogen and oxygen atoms in total. The lowest BCUT2D eigenvalue weighted by molar-refractivity contribution is 0.223. The molecule has 1 unspecified atom stereocenters. The molecule has 0 radical (unpaired) electrons. The first kappa shape index (κ1) is 10.9. The summed E-state index contributed by atoms with van der Waals surface area (Å²) in [7, 11) is 0. The molecule has 0 saturated carbocycles. The van der Waals surface area contributed by atoms with Crippen molar-refractivity contribution in [2.75, 3.05) is 0 Å². The molecule has 0 amide bonds. The van der Waals surface area contributed by atoms with Gasteiger partial charge in [0.25, 0.3) is 0 Å². The molecule has 1 N–H and O–H groups in total. The van der Waals surface area contributed by atoms with Crippen molar-refractivity contribution >= 4 is 22.7 Å². The minimum atomic E-state index is -0.449. The molecule has 2 heterocycles. The maximum Gasteiger partial charge on any atom is 0.115 e. The van der Waals surface area contributed by atoms with E-state index in [0.717, 1.165) is 10.4 Å². The molecule has 3 heteroatoms. The molecule has 15 heavy (non-hydrogen) atoms. The van der Waals surface area contributed by atoms with Gasteiger partial charge in [0, 0.05) is 14.6 Å². The Labute approximate surface area is 98.0 Å². The quantitative estimate of drug-likeness (QED) is 0.843. The SMILES string of the molecule is Cc1cc(C(O)c2sccc2C)c(C)s1. The molecular weight excluding hydrogens is 224 g/mol. The highest BCUT2D eigenvalue weighted by Crippen LogP contribution is 2.34. The number of aliphatic hydroxyl groups excluding tert-OH is 1. The lowest BCUT2D eigenvalue weighted by atomic mass is 10.1. The van der Waals surface area contributed by atoms with Gasteiger partial charge in [0.05, 0.1) is 0 Å². The Balaban J connectivity index is 2.40. The minimum Gasteiger partial charge on any atom is -0.383 e. The summed E-state index contributed by atoms with van der Waals surface area (Å²) in [6.07, 6.45) is -0.449. The fourth-order valence-electron chi connectivity index (χ4n) is 1.73. The van der Waals surface area contributed by atoms with Crippen LogP contribution in [0.3, 0.4) is 0 Å². The van der Waals surface area contributed by atoms with Gasteiger partial charge in [-0.1, -0.05) is 0 Å². The molecule has 0 aromatic carbocycles. The first-order valence-electron chi connectivity index (χ1n) is 4.88. The maximum absolute atomic E-state index is 10.3. The lowest BCUT2D eigenvalue weighted by Gasteiger charge is -2.09. The van der Waals surface area contributed by atoms with Gasteiger partial charge in [0.15, 0.2) is 0 Å². The second-order valence-electron chi connectivity index (χ2n) is 3.74. The first-order valence-corrected chi connectivity index (χ1v) is 6.58. The van der Waals surface area contributed by atoms with Crippen LogP contribution in [0, 0.1) is 20.8 Å². The predicted molar refractivity (Wildman–Crippen MR) is 66.9 cm³/mol. The molecule has 1 atom stereocenters.